The van der Waals surface area contributed by atoms with Gasteiger partial charge in [0.05, 0.1) is 29.1 Å². The third-order valence-corrected chi connectivity index (χ3v) is 5.99. The number of aromatic nitrogens is 2. The summed E-state index contributed by atoms with van der Waals surface area (Å²) in [6.45, 7) is 4.48. The molecule has 0 atom stereocenters. The van der Waals surface area contributed by atoms with E-state index in [1.807, 2.05) is 0 Å². The van der Waals surface area contributed by atoms with Gasteiger partial charge in [-0.05, 0) is 37.3 Å². The minimum absolute atomic E-state index is 0.0224. The highest BCUT2D eigenvalue weighted by Crippen LogP contribution is 2.30. The molecule has 1 fully saturated rings. The second-order valence-corrected chi connectivity index (χ2v) is 8.30. The summed E-state index contributed by atoms with van der Waals surface area (Å²) < 4.78 is 35.4. The lowest BCUT2D eigenvalue weighted by atomic mass is 10.1. The van der Waals surface area contributed by atoms with Crippen LogP contribution in [0, 0.1) is 11.6 Å². The number of hydrogen-bond acceptors (Lipinski definition) is 5. The van der Waals surface area contributed by atoms with Crippen LogP contribution in [0.25, 0.3) is 11.3 Å². The number of nitrogens with zero attached hydrogens (tertiary/aromatic N) is 3. The van der Waals surface area contributed by atoms with Crippen LogP contribution < -0.4 is 15.4 Å². The van der Waals surface area contributed by atoms with Crippen LogP contribution in [-0.4, -0.2) is 59.1 Å². The highest BCUT2D eigenvalue weighted by Gasteiger charge is 2.23. The van der Waals surface area contributed by atoms with E-state index in [0.29, 0.717) is 24.3 Å². The van der Waals surface area contributed by atoms with Crippen LogP contribution in [0.2, 0.25) is 5.02 Å². The Balaban J connectivity index is 1.52. The summed E-state index contributed by atoms with van der Waals surface area (Å²) in [6.07, 6.45) is 1.29. The Kier molecular flexibility index (Phi) is 7.32. The van der Waals surface area contributed by atoms with Crippen molar-refractivity contribution in [1.82, 2.24) is 19.8 Å². The summed E-state index contributed by atoms with van der Waals surface area (Å²) in [5, 5.41) is 6.06. The summed E-state index contributed by atoms with van der Waals surface area (Å²) in [6, 6.07) is 7.32. The van der Waals surface area contributed by atoms with Gasteiger partial charge in [-0.25, -0.2) is 9.37 Å². The van der Waals surface area contributed by atoms with Crippen molar-refractivity contribution < 1.29 is 23.1 Å². The van der Waals surface area contributed by atoms with Gasteiger partial charge in [0.25, 0.3) is 11.8 Å². The van der Waals surface area contributed by atoms with Crippen LogP contribution in [-0.2, 0) is 7.05 Å². The molecule has 1 aromatic heterocycles. The van der Waals surface area contributed by atoms with Gasteiger partial charge in [-0.15, -0.1) is 0 Å². The van der Waals surface area contributed by atoms with Gasteiger partial charge in [0.2, 0.25) is 5.82 Å². The zero-order chi connectivity index (χ0) is 25.1. The molecule has 0 spiro atoms. The SMILES string of the molecule is CCOc1ccc(-c2cnc(C(=O)Nc3ccc(C(=O)N4CCNCC4)c(Cl)c3)n2C)c(F)c1F. The molecule has 1 aliphatic rings. The fourth-order valence-corrected chi connectivity index (χ4v) is 4.12. The van der Waals surface area contributed by atoms with E-state index >= 15 is 0 Å². The first kappa shape index (κ1) is 24.6. The van der Waals surface area contributed by atoms with E-state index in [1.54, 1.807) is 24.0 Å². The maximum absolute atomic E-state index is 14.6. The summed E-state index contributed by atoms with van der Waals surface area (Å²) in [7, 11) is 1.52. The van der Waals surface area contributed by atoms with Gasteiger partial charge in [0.15, 0.2) is 17.4 Å². The van der Waals surface area contributed by atoms with Crippen molar-refractivity contribution in [3.8, 4) is 17.0 Å². The van der Waals surface area contributed by atoms with Crippen molar-refractivity contribution in [2.75, 3.05) is 38.1 Å². The summed E-state index contributed by atoms with van der Waals surface area (Å²) in [4.78, 5) is 31.3. The third-order valence-electron chi connectivity index (χ3n) is 5.68. The van der Waals surface area contributed by atoms with Crippen molar-refractivity contribution in [2.24, 2.45) is 7.05 Å². The van der Waals surface area contributed by atoms with Gasteiger partial charge in [-0.1, -0.05) is 11.6 Å². The van der Waals surface area contributed by atoms with Gasteiger partial charge < -0.3 is 24.8 Å². The maximum atomic E-state index is 14.6. The second kappa shape index (κ2) is 10.4. The Morgan fingerprint density at radius 1 is 1.17 bits per heavy atom. The molecule has 0 unspecified atom stereocenters. The van der Waals surface area contributed by atoms with E-state index < -0.39 is 17.5 Å². The highest BCUT2D eigenvalue weighted by atomic mass is 35.5. The van der Waals surface area contributed by atoms with E-state index in [2.05, 4.69) is 15.6 Å². The third kappa shape index (κ3) is 4.98. The van der Waals surface area contributed by atoms with Gasteiger partial charge in [-0.3, -0.25) is 9.59 Å². The molecule has 2 amide bonds. The predicted octanol–water partition coefficient (Wildman–Crippen LogP) is 3.72. The fraction of sp³-hybridized carbons (Fsp3) is 0.292. The van der Waals surface area contributed by atoms with Gasteiger partial charge >= 0.3 is 0 Å². The number of carbonyl (C=O) groups excluding carboxylic acids is 2. The molecule has 8 nitrogen and oxygen atoms in total. The van der Waals surface area contributed by atoms with Crippen molar-refractivity contribution in [3.05, 3.63) is 64.6 Å². The maximum Gasteiger partial charge on any atom is 0.291 e. The number of imidazole rings is 1. The number of halogens is 3. The van der Waals surface area contributed by atoms with E-state index in [4.69, 9.17) is 16.3 Å². The zero-order valence-electron chi connectivity index (χ0n) is 19.2. The Bertz CT molecular complexity index is 1270. The van der Waals surface area contributed by atoms with E-state index in [1.165, 1.54) is 36.0 Å². The number of benzene rings is 2. The van der Waals surface area contributed by atoms with Crippen LogP contribution in [0.5, 0.6) is 5.75 Å². The molecule has 35 heavy (non-hydrogen) atoms. The largest absolute Gasteiger partial charge is 0.491 e. The van der Waals surface area contributed by atoms with Crippen molar-refractivity contribution >= 4 is 29.1 Å². The molecule has 0 bridgehead atoms. The monoisotopic (exact) mass is 503 g/mol. The standard InChI is InChI=1S/C24H24ClF2N5O3/c1-3-35-19-7-6-16(20(26)21(19)27)18-13-29-22(31(18)2)23(33)30-14-4-5-15(17(25)12-14)24(34)32-10-8-28-9-11-32/h4-7,12-13,28H,3,8-11H2,1-2H3,(H,30,33). The molecule has 184 valence electrons. The second-order valence-electron chi connectivity index (χ2n) is 7.89. The zero-order valence-corrected chi connectivity index (χ0v) is 20.0. The number of nitrogens with one attached hydrogen (secondary N) is 2. The van der Waals surface area contributed by atoms with Crippen molar-refractivity contribution in [2.45, 2.75) is 6.92 Å². The number of hydrogen-bond donors (Lipinski definition) is 2. The average Bonchev–Trinajstić information content (AvgIpc) is 3.23. The lowest BCUT2D eigenvalue weighted by Crippen LogP contribution is -2.46. The molecule has 1 saturated heterocycles. The van der Waals surface area contributed by atoms with E-state index in [0.717, 1.165) is 13.1 Å². The molecule has 11 heteroatoms. The molecule has 3 aromatic rings. The Labute approximate surface area is 205 Å². The van der Waals surface area contributed by atoms with Crippen molar-refractivity contribution in [3.63, 3.8) is 0 Å². The quantitative estimate of drug-likeness (QED) is 0.535. The Morgan fingerprint density at radius 2 is 1.91 bits per heavy atom. The van der Waals surface area contributed by atoms with E-state index in [-0.39, 0.29) is 40.4 Å². The molecular formula is C24H24ClF2N5O3. The average molecular weight is 504 g/mol. The minimum Gasteiger partial charge on any atom is -0.491 e. The summed E-state index contributed by atoms with van der Waals surface area (Å²) in [5.74, 6) is -3.17. The number of amides is 2. The first-order valence-electron chi connectivity index (χ1n) is 11.1. The number of carbonyl (C=O) groups is 2. The fourth-order valence-electron chi connectivity index (χ4n) is 3.86. The normalized spacial score (nSPS) is 13.6. The molecule has 2 N–H and O–H groups in total. The molecule has 4 rings (SSSR count). The van der Waals surface area contributed by atoms with Crippen molar-refractivity contribution in [1.29, 1.82) is 0 Å². The number of ether oxygens (including phenoxy) is 1. The lowest BCUT2D eigenvalue weighted by Gasteiger charge is -2.27. The molecule has 2 heterocycles. The number of anilines is 1. The molecule has 0 radical (unpaired) electrons. The van der Waals surface area contributed by atoms with Gasteiger partial charge in [0, 0.05) is 44.5 Å². The lowest BCUT2D eigenvalue weighted by molar-refractivity contribution is 0.0736. The molecule has 0 saturated carbocycles. The van der Waals surface area contributed by atoms with E-state index in [9.17, 15) is 18.4 Å². The van der Waals surface area contributed by atoms with Crippen LogP contribution >= 0.6 is 11.6 Å². The molecular weight excluding hydrogens is 480 g/mol. The smallest absolute Gasteiger partial charge is 0.291 e. The first-order valence-corrected chi connectivity index (χ1v) is 11.4. The first-order chi connectivity index (χ1) is 16.8. The number of rotatable bonds is 6. The minimum atomic E-state index is -1.11. The van der Waals surface area contributed by atoms with Gasteiger partial charge in [0.1, 0.15) is 0 Å². The van der Waals surface area contributed by atoms with Gasteiger partial charge in [-0.2, -0.15) is 4.39 Å². The number of piperazine rings is 1. The molecule has 2 aromatic carbocycles. The predicted molar refractivity (Wildman–Crippen MR) is 128 cm³/mol. The Hall–Kier alpha value is -3.50. The molecule has 0 aliphatic carbocycles. The van der Waals surface area contributed by atoms with Crippen LogP contribution in [0.1, 0.15) is 27.9 Å². The molecule has 1 aliphatic heterocycles. The topological polar surface area (TPSA) is 88.5 Å². The van der Waals surface area contributed by atoms with Crippen LogP contribution in [0.3, 0.4) is 0 Å². The highest BCUT2D eigenvalue weighted by molar-refractivity contribution is 6.34. The van der Waals surface area contributed by atoms with Crippen LogP contribution in [0.4, 0.5) is 14.5 Å². The van der Waals surface area contributed by atoms with Crippen LogP contribution in [0.15, 0.2) is 36.5 Å². The summed E-state index contributed by atoms with van der Waals surface area (Å²) >= 11 is 6.33. The Morgan fingerprint density at radius 3 is 2.60 bits per heavy atom. The summed E-state index contributed by atoms with van der Waals surface area (Å²) in [5.41, 5.74) is 0.863.